The molecule has 3 heterocycles. The van der Waals surface area contributed by atoms with Gasteiger partial charge in [-0.15, -0.1) is 10.2 Å². The van der Waals surface area contributed by atoms with Gasteiger partial charge >= 0.3 is 0 Å². The lowest BCUT2D eigenvalue weighted by Gasteiger charge is -2.03. The van der Waals surface area contributed by atoms with E-state index in [2.05, 4.69) is 15.3 Å². The van der Waals surface area contributed by atoms with Crippen molar-refractivity contribution in [3.05, 3.63) is 59.6 Å². The third-order valence-corrected chi connectivity index (χ3v) is 5.38. The lowest BCUT2D eigenvalue weighted by molar-refractivity contribution is 0.415. The van der Waals surface area contributed by atoms with Crippen LogP contribution in [0.3, 0.4) is 0 Å². The summed E-state index contributed by atoms with van der Waals surface area (Å²) >= 11 is 7.42. The third-order valence-electron chi connectivity index (χ3n) is 4.21. The lowest BCUT2D eigenvalue weighted by atomic mass is 10.2. The van der Waals surface area contributed by atoms with Crippen molar-refractivity contribution in [3.8, 4) is 27.8 Å². The largest absolute Gasteiger partial charge is 0.497 e. The number of hydrogen-bond acceptors (Lipinski definition) is 6. The van der Waals surface area contributed by atoms with Crippen LogP contribution >= 0.6 is 22.9 Å². The van der Waals surface area contributed by atoms with Crippen molar-refractivity contribution in [3.63, 3.8) is 0 Å². The second-order valence-electron chi connectivity index (χ2n) is 5.89. The van der Waals surface area contributed by atoms with Gasteiger partial charge in [-0.05, 0) is 48.5 Å². The lowest BCUT2D eigenvalue weighted by Crippen LogP contribution is -1.92. The minimum Gasteiger partial charge on any atom is -0.497 e. The average Bonchev–Trinajstić information content (AvgIpc) is 3.29. The number of fused-ring (bicyclic) bond motifs is 2. The van der Waals surface area contributed by atoms with Crippen molar-refractivity contribution in [1.82, 2.24) is 24.8 Å². The molecule has 2 aromatic carbocycles. The minimum atomic E-state index is 0.676. The quantitative estimate of drug-likeness (QED) is 0.443. The molecule has 0 N–H and O–H groups in total. The molecule has 5 aromatic rings. The van der Waals surface area contributed by atoms with E-state index in [0.717, 1.165) is 32.9 Å². The van der Waals surface area contributed by atoms with Crippen molar-refractivity contribution < 1.29 is 4.74 Å². The van der Waals surface area contributed by atoms with Crippen LogP contribution < -0.4 is 4.74 Å². The van der Waals surface area contributed by atoms with E-state index in [-0.39, 0.29) is 0 Å². The van der Waals surface area contributed by atoms with Crippen LogP contribution in [-0.4, -0.2) is 31.9 Å². The van der Waals surface area contributed by atoms with E-state index < -0.39 is 0 Å². The predicted molar refractivity (Wildman–Crippen MR) is 106 cm³/mol. The Kier molecular flexibility index (Phi) is 3.77. The highest BCUT2D eigenvalue weighted by molar-refractivity contribution is 7.19. The van der Waals surface area contributed by atoms with Crippen LogP contribution in [0.15, 0.2) is 54.6 Å². The summed E-state index contributed by atoms with van der Waals surface area (Å²) in [6.45, 7) is 0. The van der Waals surface area contributed by atoms with Gasteiger partial charge in [0.05, 0.1) is 12.6 Å². The van der Waals surface area contributed by atoms with E-state index in [1.54, 1.807) is 11.6 Å². The maximum absolute atomic E-state index is 5.97. The standard InChI is InChI=1S/C19H12ClN5OS/c1-26-14-7-9-15-12(10-14)4-8-16(21-15)18-24-25-17(22-23-19(25)27-18)11-2-5-13(20)6-3-11/h2-10H,1H3. The molecule has 8 heteroatoms. The monoisotopic (exact) mass is 393 g/mol. The Morgan fingerprint density at radius 3 is 2.67 bits per heavy atom. The number of benzene rings is 2. The Morgan fingerprint density at radius 1 is 1.00 bits per heavy atom. The van der Waals surface area contributed by atoms with Crippen LogP contribution in [0, 0.1) is 0 Å². The van der Waals surface area contributed by atoms with Gasteiger partial charge in [0.1, 0.15) is 11.4 Å². The summed E-state index contributed by atoms with van der Waals surface area (Å²) in [5, 5.41) is 15.6. The first-order valence-corrected chi connectivity index (χ1v) is 9.34. The number of nitrogens with zero attached hydrogens (tertiary/aromatic N) is 5. The highest BCUT2D eigenvalue weighted by atomic mass is 35.5. The molecule has 0 radical (unpaired) electrons. The Balaban J connectivity index is 1.59. The molecule has 27 heavy (non-hydrogen) atoms. The summed E-state index contributed by atoms with van der Waals surface area (Å²) in [6.07, 6.45) is 0. The second kappa shape index (κ2) is 6.29. The number of pyridine rings is 1. The van der Waals surface area contributed by atoms with Gasteiger partial charge in [0, 0.05) is 16.0 Å². The first-order chi connectivity index (χ1) is 13.2. The molecule has 0 atom stereocenters. The number of hydrogen-bond donors (Lipinski definition) is 0. The molecule has 0 aliphatic heterocycles. The molecule has 0 bridgehead atoms. The maximum atomic E-state index is 5.97. The SMILES string of the molecule is COc1ccc2nc(-c3nn4c(-c5ccc(Cl)cc5)nnc4s3)ccc2c1. The molecule has 0 fully saturated rings. The number of halogens is 1. The summed E-state index contributed by atoms with van der Waals surface area (Å²) in [4.78, 5) is 5.44. The van der Waals surface area contributed by atoms with Crippen LogP contribution in [0.5, 0.6) is 5.75 Å². The fourth-order valence-electron chi connectivity index (χ4n) is 2.85. The van der Waals surface area contributed by atoms with Gasteiger partial charge in [-0.3, -0.25) is 0 Å². The Labute approximate surface area is 163 Å². The highest BCUT2D eigenvalue weighted by Gasteiger charge is 2.15. The van der Waals surface area contributed by atoms with E-state index >= 15 is 0 Å². The van der Waals surface area contributed by atoms with Crippen LogP contribution in [-0.2, 0) is 0 Å². The average molecular weight is 394 g/mol. The zero-order valence-electron chi connectivity index (χ0n) is 14.1. The Hall–Kier alpha value is -3.03. The fourth-order valence-corrected chi connectivity index (χ4v) is 3.78. The van der Waals surface area contributed by atoms with Crippen LogP contribution in [0.2, 0.25) is 5.02 Å². The van der Waals surface area contributed by atoms with Crippen molar-refractivity contribution >= 4 is 38.8 Å². The summed E-state index contributed by atoms with van der Waals surface area (Å²) in [7, 11) is 1.65. The first kappa shape index (κ1) is 16.2. The smallest absolute Gasteiger partial charge is 0.235 e. The molecule has 132 valence electrons. The summed E-state index contributed by atoms with van der Waals surface area (Å²) in [5.41, 5.74) is 2.59. The zero-order chi connectivity index (χ0) is 18.4. The van der Waals surface area contributed by atoms with Crippen molar-refractivity contribution in [2.45, 2.75) is 0 Å². The van der Waals surface area contributed by atoms with E-state index in [0.29, 0.717) is 15.8 Å². The van der Waals surface area contributed by atoms with Gasteiger partial charge < -0.3 is 4.74 Å². The van der Waals surface area contributed by atoms with Crippen LogP contribution in [0.25, 0.3) is 38.0 Å². The summed E-state index contributed by atoms with van der Waals surface area (Å²) in [5.74, 6) is 1.48. The number of aromatic nitrogens is 5. The van der Waals surface area contributed by atoms with E-state index in [9.17, 15) is 0 Å². The highest BCUT2D eigenvalue weighted by Crippen LogP contribution is 2.29. The molecule has 0 aliphatic rings. The third kappa shape index (κ3) is 2.81. The van der Waals surface area contributed by atoms with E-state index in [4.69, 9.17) is 21.3 Å². The normalized spacial score (nSPS) is 11.3. The van der Waals surface area contributed by atoms with Gasteiger partial charge in [-0.25, -0.2) is 4.98 Å². The molecule has 0 saturated carbocycles. The topological polar surface area (TPSA) is 65.2 Å². The van der Waals surface area contributed by atoms with Crippen LogP contribution in [0.4, 0.5) is 0 Å². The first-order valence-electron chi connectivity index (χ1n) is 8.14. The molecule has 6 nitrogen and oxygen atoms in total. The number of rotatable bonds is 3. The number of methoxy groups -OCH3 is 1. The fraction of sp³-hybridized carbons (Fsp3) is 0.0526. The molecular formula is C19H12ClN5OS. The molecule has 0 saturated heterocycles. The Morgan fingerprint density at radius 2 is 1.85 bits per heavy atom. The molecular weight excluding hydrogens is 382 g/mol. The number of ether oxygens (including phenoxy) is 1. The van der Waals surface area contributed by atoms with E-state index in [1.807, 2.05) is 54.6 Å². The van der Waals surface area contributed by atoms with E-state index in [1.165, 1.54) is 11.3 Å². The van der Waals surface area contributed by atoms with Gasteiger partial charge in [-0.1, -0.05) is 29.0 Å². The molecule has 0 unspecified atom stereocenters. The molecule has 0 aliphatic carbocycles. The van der Waals surface area contributed by atoms with Gasteiger partial charge in [0.2, 0.25) is 4.96 Å². The van der Waals surface area contributed by atoms with Crippen LogP contribution in [0.1, 0.15) is 0 Å². The van der Waals surface area contributed by atoms with Crippen molar-refractivity contribution in [2.24, 2.45) is 0 Å². The second-order valence-corrected chi connectivity index (χ2v) is 7.28. The molecule has 5 rings (SSSR count). The molecule has 0 amide bonds. The van der Waals surface area contributed by atoms with Gasteiger partial charge in [0.15, 0.2) is 10.8 Å². The maximum Gasteiger partial charge on any atom is 0.235 e. The van der Waals surface area contributed by atoms with Crippen molar-refractivity contribution in [2.75, 3.05) is 7.11 Å². The minimum absolute atomic E-state index is 0.676. The summed E-state index contributed by atoms with van der Waals surface area (Å²) in [6, 6.07) is 17.2. The van der Waals surface area contributed by atoms with Gasteiger partial charge in [-0.2, -0.15) is 9.61 Å². The zero-order valence-corrected chi connectivity index (χ0v) is 15.7. The molecule has 0 spiro atoms. The van der Waals surface area contributed by atoms with Gasteiger partial charge in [0.25, 0.3) is 0 Å². The summed E-state index contributed by atoms with van der Waals surface area (Å²) < 4.78 is 7.00. The Bertz CT molecular complexity index is 1280. The van der Waals surface area contributed by atoms with Crippen molar-refractivity contribution in [1.29, 1.82) is 0 Å². The predicted octanol–water partition coefficient (Wildman–Crippen LogP) is 4.73. The molecule has 3 aromatic heterocycles.